The fourth-order valence-electron chi connectivity index (χ4n) is 1.02. The first-order valence-electron chi connectivity index (χ1n) is 5.24. The molecule has 15 heavy (non-hydrogen) atoms. The van der Waals surface area contributed by atoms with Crippen molar-refractivity contribution >= 4 is 11.3 Å². The van der Waals surface area contributed by atoms with Crippen LogP contribution in [-0.4, -0.2) is 33.0 Å². The van der Waals surface area contributed by atoms with Crippen LogP contribution in [0.4, 0.5) is 0 Å². The highest BCUT2D eigenvalue weighted by molar-refractivity contribution is 7.08. The second kappa shape index (κ2) is 8.71. The van der Waals surface area contributed by atoms with Gasteiger partial charge in [-0.15, -0.1) is 11.3 Å². The third kappa shape index (κ3) is 6.49. The fraction of sp³-hybridized carbons (Fsp3) is 0.636. The van der Waals surface area contributed by atoms with Crippen LogP contribution in [0.25, 0.3) is 0 Å². The topological polar surface area (TPSA) is 27.7 Å². The van der Waals surface area contributed by atoms with E-state index in [-0.39, 0.29) is 0 Å². The zero-order valence-corrected chi connectivity index (χ0v) is 9.92. The first-order chi connectivity index (χ1) is 7.43. The first kappa shape index (κ1) is 12.5. The molecule has 0 aliphatic rings. The quantitative estimate of drug-likeness (QED) is 0.610. The molecule has 0 aliphatic carbocycles. The molecule has 0 aliphatic heterocycles. The lowest BCUT2D eigenvalue weighted by Gasteiger charge is -2.05. The summed E-state index contributed by atoms with van der Waals surface area (Å²) in [6, 6.07) is 1.95. The zero-order valence-electron chi connectivity index (χ0n) is 9.11. The van der Waals surface area contributed by atoms with Gasteiger partial charge >= 0.3 is 0 Å². The summed E-state index contributed by atoms with van der Waals surface area (Å²) in [7, 11) is 0. The molecule has 0 amide bonds. The molecule has 0 spiro atoms. The predicted molar refractivity (Wildman–Crippen MR) is 61.7 cm³/mol. The summed E-state index contributed by atoms with van der Waals surface area (Å²) in [6.07, 6.45) is 1.06. The van der Waals surface area contributed by atoms with Crippen LogP contribution >= 0.6 is 11.3 Å². The molecule has 0 fully saturated rings. The van der Waals surface area contributed by atoms with Gasteiger partial charge in [-0.05, 0) is 17.9 Å². The van der Waals surface area contributed by atoms with Crippen LogP contribution < -0.4 is 4.74 Å². The molecule has 0 saturated heterocycles. The third-order valence-corrected chi connectivity index (χ3v) is 2.37. The summed E-state index contributed by atoms with van der Waals surface area (Å²) >= 11 is 1.63. The Hall–Kier alpha value is -0.580. The molecule has 0 bridgehead atoms. The van der Waals surface area contributed by atoms with E-state index in [1.165, 1.54) is 0 Å². The molecule has 3 nitrogen and oxygen atoms in total. The molecule has 86 valence electrons. The largest absolute Gasteiger partial charge is 0.490 e. The second-order valence-electron chi connectivity index (χ2n) is 3.03. The van der Waals surface area contributed by atoms with Crippen molar-refractivity contribution in [3.05, 3.63) is 16.8 Å². The molecular weight excluding hydrogens is 212 g/mol. The van der Waals surface area contributed by atoms with E-state index < -0.39 is 0 Å². The Labute approximate surface area is 95.0 Å². The van der Waals surface area contributed by atoms with Gasteiger partial charge in [0.25, 0.3) is 0 Å². The number of hydrogen-bond acceptors (Lipinski definition) is 4. The van der Waals surface area contributed by atoms with Gasteiger partial charge in [0.15, 0.2) is 0 Å². The van der Waals surface area contributed by atoms with Crippen molar-refractivity contribution < 1.29 is 14.2 Å². The smallest absolute Gasteiger partial charge is 0.130 e. The van der Waals surface area contributed by atoms with E-state index in [2.05, 4.69) is 6.92 Å². The van der Waals surface area contributed by atoms with E-state index in [1.807, 2.05) is 16.8 Å². The summed E-state index contributed by atoms with van der Waals surface area (Å²) in [4.78, 5) is 0. The van der Waals surface area contributed by atoms with Crippen LogP contribution in [0.15, 0.2) is 16.8 Å². The Morgan fingerprint density at radius 2 is 1.80 bits per heavy atom. The van der Waals surface area contributed by atoms with Gasteiger partial charge in [-0.2, -0.15) is 0 Å². The molecule has 0 unspecified atom stereocenters. The van der Waals surface area contributed by atoms with Gasteiger partial charge in [-0.3, -0.25) is 0 Å². The van der Waals surface area contributed by atoms with E-state index in [9.17, 15) is 0 Å². The molecule has 0 aromatic carbocycles. The van der Waals surface area contributed by atoms with Crippen LogP contribution in [-0.2, 0) is 9.47 Å². The molecule has 0 atom stereocenters. The van der Waals surface area contributed by atoms with E-state index in [0.717, 1.165) is 18.8 Å². The fourth-order valence-corrected chi connectivity index (χ4v) is 1.59. The monoisotopic (exact) mass is 230 g/mol. The lowest BCUT2D eigenvalue weighted by molar-refractivity contribution is 0.0366. The van der Waals surface area contributed by atoms with Gasteiger partial charge < -0.3 is 14.2 Å². The number of rotatable bonds is 9. The Morgan fingerprint density at radius 3 is 2.47 bits per heavy atom. The average molecular weight is 230 g/mol. The van der Waals surface area contributed by atoms with E-state index in [4.69, 9.17) is 14.2 Å². The summed E-state index contributed by atoms with van der Waals surface area (Å²) in [5, 5.41) is 3.97. The molecule has 1 aromatic rings. The van der Waals surface area contributed by atoms with Crippen molar-refractivity contribution in [2.45, 2.75) is 13.3 Å². The molecule has 1 heterocycles. The van der Waals surface area contributed by atoms with Crippen LogP contribution in [0.3, 0.4) is 0 Å². The van der Waals surface area contributed by atoms with Crippen LogP contribution in [0.2, 0.25) is 0 Å². The predicted octanol–water partition coefficient (Wildman–Crippen LogP) is 2.57. The van der Waals surface area contributed by atoms with Crippen LogP contribution in [0.1, 0.15) is 13.3 Å². The molecular formula is C11H18O3S. The van der Waals surface area contributed by atoms with Crippen molar-refractivity contribution in [2.75, 3.05) is 33.0 Å². The molecule has 0 N–H and O–H groups in total. The highest BCUT2D eigenvalue weighted by Crippen LogP contribution is 2.14. The van der Waals surface area contributed by atoms with E-state index >= 15 is 0 Å². The van der Waals surface area contributed by atoms with Crippen molar-refractivity contribution in [1.82, 2.24) is 0 Å². The number of thiophene rings is 1. The molecule has 0 saturated carbocycles. The lowest BCUT2D eigenvalue weighted by atomic mass is 10.5. The maximum absolute atomic E-state index is 5.42. The van der Waals surface area contributed by atoms with Crippen LogP contribution in [0, 0.1) is 0 Å². The van der Waals surface area contributed by atoms with Gasteiger partial charge in [0.1, 0.15) is 12.4 Å². The molecule has 1 aromatic heterocycles. The standard InChI is InChI=1S/C11H18O3S/c1-2-4-12-5-6-13-7-8-14-11-3-9-15-10-11/h3,9-10H,2,4-8H2,1H3. The molecule has 0 radical (unpaired) electrons. The van der Waals surface area contributed by atoms with Crippen molar-refractivity contribution in [1.29, 1.82) is 0 Å². The summed E-state index contributed by atoms with van der Waals surface area (Å²) < 4.78 is 16.0. The van der Waals surface area contributed by atoms with Crippen molar-refractivity contribution in [3.63, 3.8) is 0 Å². The Balaban J connectivity index is 1.81. The Morgan fingerprint density at radius 1 is 1.07 bits per heavy atom. The highest BCUT2D eigenvalue weighted by Gasteiger charge is 1.93. The normalized spacial score (nSPS) is 10.5. The lowest BCUT2D eigenvalue weighted by Crippen LogP contribution is -2.10. The first-order valence-corrected chi connectivity index (χ1v) is 6.18. The van der Waals surface area contributed by atoms with Crippen molar-refractivity contribution in [2.24, 2.45) is 0 Å². The third-order valence-electron chi connectivity index (χ3n) is 1.71. The number of ether oxygens (including phenoxy) is 3. The maximum Gasteiger partial charge on any atom is 0.130 e. The Kier molecular flexibility index (Phi) is 7.25. The van der Waals surface area contributed by atoms with Gasteiger partial charge in [-0.25, -0.2) is 0 Å². The van der Waals surface area contributed by atoms with Crippen LogP contribution in [0.5, 0.6) is 5.75 Å². The summed E-state index contributed by atoms with van der Waals surface area (Å²) in [5.74, 6) is 0.922. The van der Waals surface area contributed by atoms with Gasteiger partial charge in [0, 0.05) is 12.0 Å². The molecule has 1 rings (SSSR count). The maximum atomic E-state index is 5.42. The minimum atomic E-state index is 0.602. The van der Waals surface area contributed by atoms with Crippen molar-refractivity contribution in [3.8, 4) is 5.75 Å². The van der Waals surface area contributed by atoms with Gasteiger partial charge in [-0.1, -0.05) is 6.92 Å². The van der Waals surface area contributed by atoms with E-state index in [1.54, 1.807) is 11.3 Å². The van der Waals surface area contributed by atoms with Gasteiger partial charge in [0.2, 0.25) is 0 Å². The average Bonchev–Trinajstić information content (AvgIpc) is 2.75. The highest BCUT2D eigenvalue weighted by atomic mass is 32.1. The van der Waals surface area contributed by atoms with Gasteiger partial charge in [0.05, 0.1) is 19.8 Å². The Bertz CT molecular complexity index is 224. The summed E-state index contributed by atoms with van der Waals surface area (Å²) in [6.45, 7) is 5.44. The molecule has 4 heteroatoms. The zero-order chi connectivity index (χ0) is 10.8. The second-order valence-corrected chi connectivity index (χ2v) is 3.81. The minimum Gasteiger partial charge on any atom is -0.490 e. The number of hydrogen-bond donors (Lipinski definition) is 0. The minimum absolute atomic E-state index is 0.602. The SMILES string of the molecule is CCCOCCOCCOc1ccsc1. The summed E-state index contributed by atoms with van der Waals surface area (Å²) in [5.41, 5.74) is 0. The van der Waals surface area contributed by atoms with E-state index in [0.29, 0.717) is 26.4 Å².